The Morgan fingerprint density at radius 2 is 1.61 bits per heavy atom. The minimum atomic E-state index is -0.183. The van der Waals surface area contributed by atoms with Gasteiger partial charge in [-0.3, -0.25) is 9.59 Å². The van der Waals surface area contributed by atoms with Crippen molar-refractivity contribution >= 4 is 23.2 Å². The number of rotatable bonds is 7. The molecular weight excluding hydrogens is 350 g/mol. The molecule has 0 aliphatic heterocycles. The molecule has 5 nitrogen and oxygen atoms in total. The molecule has 0 atom stereocenters. The van der Waals surface area contributed by atoms with Crippen molar-refractivity contribution in [2.45, 2.75) is 19.4 Å². The molecule has 28 heavy (non-hydrogen) atoms. The average molecular weight is 373 g/mol. The Labute approximate surface area is 164 Å². The van der Waals surface area contributed by atoms with Gasteiger partial charge in [0.05, 0.1) is 0 Å². The van der Waals surface area contributed by atoms with E-state index in [1.807, 2.05) is 54.6 Å². The Morgan fingerprint density at radius 1 is 0.857 bits per heavy atom. The molecule has 0 aliphatic carbocycles. The molecular formula is C23H23N3O2. The van der Waals surface area contributed by atoms with Gasteiger partial charge < -0.3 is 16.4 Å². The van der Waals surface area contributed by atoms with Gasteiger partial charge in [0.25, 0.3) is 5.91 Å². The van der Waals surface area contributed by atoms with Gasteiger partial charge in [0.1, 0.15) is 0 Å². The third-order valence-electron chi connectivity index (χ3n) is 4.38. The van der Waals surface area contributed by atoms with Gasteiger partial charge in [-0.05, 0) is 41.8 Å². The monoisotopic (exact) mass is 373 g/mol. The van der Waals surface area contributed by atoms with E-state index in [-0.39, 0.29) is 11.8 Å². The second-order valence-electron chi connectivity index (χ2n) is 6.50. The number of para-hydroxylation sites is 1. The van der Waals surface area contributed by atoms with E-state index in [9.17, 15) is 9.59 Å². The number of nitrogens with two attached hydrogens (primary N) is 1. The topological polar surface area (TPSA) is 84.2 Å². The van der Waals surface area contributed by atoms with E-state index in [0.717, 1.165) is 11.1 Å². The predicted octanol–water partition coefficient (Wildman–Crippen LogP) is 3.77. The summed E-state index contributed by atoms with van der Waals surface area (Å²) in [5.74, 6) is -0.304. The molecule has 2 amide bonds. The molecule has 0 unspecified atom stereocenters. The molecule has 142 valence electrons. The van der Waals surface area contributed by atoms with Gasteiger partial charge in [-0.2, -0.15) is 0 Å². The highest BCUT2D eigenvalue weighted by Gasteiger charge is 2.09. The minimum Gasteiger partial charge on any atom is -0.399 e. The third kappa shape index (κ3) is 5.45. The Bertz CT molecular complexity index is 955. The number of nitrogen functional groups attached to an aromatic ring is 1. The molecule has 0 aliphatic rings. The molecule has 0 bridgehead atoms. The van der Waals surface area contributed by atoms with Crippen molar-refractivity contribution in [1.82, 2.24) is 5.32 Å². The SMILES string of the molecule is Nc1ccccc1CCC(=O)Nc1cccc(C(=O)NCc2ccccc2)c1. The Kier molecular flexibility index (Phi) is 6.41. The summed E-state index contributed by atoms with van der Waals surface area (Å²) in [6, 6.07) is 24.1. The van der Waals surface area contributed by atoms with Crippen LogP contribution in [0.5, 0.6) is 0 Å². The second kappa shape index (κ2) is 9.37. The van der Waals surface area contributed by atoms with E-state index in [0.29, 0.717) is 36.3 Å². The van der Waals surface area contributed by atoms with E-state index in [1.165, 1.54) is 0 Å². The summed E-state index contributed by atoms with van der Waals surface area (Å²) in [6.07, 6.45) is 0.883. The number of carbonyl (C=O) groups is 2. The van der Waals surface area contributed by atoms with Crippen molar-refractivity contribution in [1.29, 1.82) is 0 Å². The van der Waals surface area contributed by atoms with E-state index in [2.05, 4.69) is 10.6 Å². The highest BCUT2D eigenvalue weighted by atomic mass is 16.2. The summed E-state index contributed by atoms with van der Waals surface area (Å²) < 4.78 is 0. The van der Waals surface area contributed by atoms with Crippen molar-refractivity contribution in [3.8, 4) is 0 Å². The molecule has 0 spiro atoms. The van der Waals surface area contributed by atoms with Crippen molar-refractivity contribution in [3.05, 3.63) is 95.6 Å². The molecule has 0 radical (unpaired) electrons. The molecule has 3 rings (SSSR count). The van der Waals surface area contributed by atoms with Crippen LogP contribution in [0.1, 0.15) is 27.9 Å². The van der Waals surface area contributed by atoms with Gasteiger partial charge in [-0.1, -0.05) is 54.6 Å². The zero-order valence-electron chi connectivity index (χ0n) is 15.5. The molecule has 4 N–H and O–H groups in total. The summed E-state index contributed by atoms with van der Waals surface area (Å²) in [4.78, 5) is 24.6. The maximum atomic E-state index is 12.4. The Hall–Kier alpha value is -3.60. The number of anilines is 2. The largest absolute Gasteiger partial charge is 0.399 e. The van der Waals surface area contributed by atoms with Gasteiger partial charge >= 0.3 is 0 Å². The van der Waals surface area contributed by atoms with E-state index < -0.39 is 0 Å². The number of amides is 2. The van der Waals surface area contributed by atoms with Crippen LogP contribution in [-0.2, 0) is 17.8 Å². The van der Waals surface area contributed by atoms with Gasteiger partial charge in [0, 0.05) is 29.9 Å². The van der Waals surface area contributed by atoms with Crippen LogP contribution in [0.2, 0.25) is 0 Å². The number of hydrogen-bond donors (Lipinski definition) is 3. The van der Waals surface area contributed by atoms with Crippen LogP contribution < -0.4 is 16.4 Å². The fourth-order valence-electron chi connectivity index (χ4n) is 2.85. The number of hydrogen-bond acceptors (Lipinski definition) is 3. The predicted molar refractivity (Wildman–Crippen MR) is 112 cm³/mol. The highest BCUT2D eigenvalue weighted by Crippen LogP contribution is 2.15. The summed E-state index contributed by atoms with van der Waals surface area (Å²) in [5.41, 5.74) is 9.67. The second-order valence-corrected chi connectivity index (χ2v) is 6.50. The molecule has 0 saturated carbocycles. The smallest absolute Gasteiger partial charge is 0.251 e. The van der Waals surface area contributed by atoms with Crippen molar-refractivity contribution in [2.24, 2.45) is 0 Å². The van der Waals surface area contributed by atoms with Crippen LogP contribution in [0.25, 0.3) is 0 Å². The van der Waals surface area contributed by atoms with Gasteiger partial charge in [-0.25, -0.2) is 0 Å². The third-order valence-corrected chi connectivity index (χ3v) is 4.38. The zero-order chi connectivity index (χ0) is 19.8. The van der Waals surface area contributed by atoms with Crippen LogP contribution in [0.3, 0.4) is 0 Å². The molecule has 3 aromatic rings. The fourth-order valence-corrected chi connectivity index (χ4v) is 2.85. The lowest BCUT2D eigenvalue weighted by atomic mass is 10.1. The number of benzene rings is 3. The Balaban J connectivity index is 1.54. The zero-order valence-corrected chi connectivity index (χ0v) is 15.5. The number of carbonyl (C=O) groups excluding carboxylic acids is 2. The number of aryl methyl sites for hydroxylation is 1. The first-order valence-corrected chi connectivity index (χ1v) is 9.17. The lowest BCUT2D eigenvalue weighted by Gasteiger charge is -2.09. The van der Waals surface area contributed by atoms with Crippen LogP contribution >= 0.6 is 0 Å². The van der Waals surface area contributed by atoms with Gasteiger partial charge in [0.15, 0.2) is 0 Å². The van der Waals surface area contributed by atoms with Gasteiger partial charge in [-0.15, -0.1) is 0 Å². The summed E-state index contributed by atoms with van der Waals surface area (Å²) in [6.45, 7) is 0.453. The van der Waals surface area contributed by atoms with Crippen molar-refractivity contribution < 1.29 is 9.59 Å². The fraction of sp³-hybridized carbons (Fsp3) is 0.130. The lowest BCUT2D eigenvalue weighted by Crippen LogP contribution is -2.23. The first-order chi connectivity index (χ1) is 13.6. The molecule has 0 fully saturated rings. The van der Waals surface area contributed by atoms with Crippen molar-refractivity contribution in [3.63, 3.8) is 0 Å². The number of nitrogens with one attached hydrogen (secondary N) is 2. The molecule has 0 saturated heterocycles. The average Bonchev–Trinajstić information content (AvgIpc) is 2.72. The molecule has 0 aromatic heterocycles. The lowest BCUT2D eigenvalue weighted by molar-refractivity contribution is -0.116. The summed E-state index contributed by atoms with van der Waals surface area (Å²) in [5, 5.41) is 5.72. The van der Waals surface area contributed by atoms with E-state index >= 15 is 0 Å². The maximum absolute atomic E-state index is 12.4. The highest BCUT2D eigenvalue weighted by molar-refractivity contribution is 5.97. The molecule has 0 heterocycles. The normalized spacial score (nSPS) is 10.3. The summed E-state index contributed by atoms with van der Waals surface area (Å²) in [7, 11) is 0. The van der Waals surface area contributed by atoms with Gasteiger partial charge in [0.2, 0.25) is 5.91 Å². The van der Waals surface area contributed by atoms with E-state index in [4.69, 9.17) is 5.73 Å². The minimum absolute atomic E-state index is 0.120. The first kappa shape index (κ1) is 19.2. The van der Waals surface area contributed by atoms with Crippen LogP contribution in [-0.4, -0.2) is 11.8 Å². The van der Waals surface area contributed by atoms with Crippen molar-refractivity contribution in [2.75, 3.05) is 11.1 Å². The van der Waals surface area contributed by atoms with E-state index in [1.54, 1.807) is 24.3 Å². The standard InChI is InChI=1S/C23H23N3O2/c24-21-12-5-4-9-18(21)13-14-22(27)26-20-11-6-10-19(15-20)23(28)25-16-17-7-2-1-3-8-17/h1-12,15H,13-14,16,24H2,(H,25,28)(H,26,27). The van der Waals surface area contributed by atoms with Crippen LogP contribution in [0, 0.1) is 0 Å². The molecule has 3 aromatic carbocycles. The Morgan fingerprint density at radius 3 is 2.39 bits per heavy atom. The van der Waals surface area contributed by atoms with Crippen LogP contribution in [0.15, 0.2) is 78.9 Å². The van der Waals surface area contributed by atoms with Crippen LogP contribution in [0.4, 0.5) is 11.4 Å². The maximum Gasteiger partial charge on any atom is 0.251 e. The molecule has 5 heteroatoms. The quantitative estimate of drug-likeness (QED) is 0.551. The first-order valence-electron chi connectivity index (χ1n) is 9.17. The summed E-state index contributed by atoms with van der Waals surface area (Å²) >= 11 is 0.